The summed E-state index contributed by atoms with van der Waals surface area (Å²) in [6.07, 6.45) is 3.64. The fourth-order valence-corrected chi connectivity index (χ4v) is 3.55. The van der Waals surface area contributed by atoms with Crippen LogP contribution in [0.15, 0.2) is 36.4 Å². The van der Waals surface area contributed by atoms with E-state index in [1.54, 1.807) is 0 Å². The molecule has 2 rings (SSSR count). The Labute approximate surface area is 136 Å². The highest BCUT2D eigenvalue weighted by Crippen LogP contribution is 2.32. The Hall–Kier alpha value is -1.56. The summed E-state index contributed by atoms with van der Waals surface area (Å²) in [6.45, 7) is 13.6. The van der Waals surface area contributed by atoms with Gasteiger partial charge >= 0.3 is 0 Å². The van der Waals surface area contributed by atoms with Crippen LogP contribution in [-0.4, -0.2) is 0 Å². The van der Waals surface area contributed by atoms with Crippen molar-refractivity contribution >= 4 is 0 Å². The second kappa shape index (κ2) is 6.69. The minimum atomic E-state index is 0.245. The maximum Gasteiger partial charge on any atom is -0.0101 e. The minimum absolute atomic E-state index is 0.245. The van der Waals surface area contributed by atoms with Gasteiger partial charge in [0.25, 0.3) is 0 Å². The second-order valence-electron chi connectivity index (χ2n) is 7.55. The fourth-order valence-electron chi connectivity index (χ4n) is 3.55. The molecule has 0 atom stereocenters. The third-order valence-corrected chi connectivity index (χ3v) is 4.67. The Kier molecular flexibility index (Phi) is 5.11. The lowest BCUT2D eigenvalue weighted by Gasteiger charge is -2.28. The maximum atomic E-state index is 2.39. The third kappa shape index (κ3) is 4.22. The van der Waals surface area contributed by atoms with Gasteiger partial charge in [-0.1, -0.05) is 66.9 Å². The van der Waals surface area contributed by atoms with Crippen LogP contribution in [-0.2, 0) is 11.8 Å². The van der Waals surface area contributed by atoms with Crippen molar-refractivity contribution in [3.8, 4) is 0 Å². The second-order valence-corrected chi connectivity index (χ2v) is 7.55. The van der Waals surface area contributed by atoms with E-state index in [4.69, 9.17) is 0 Å². The van der Waals surface area contributed by atoms with Gasteiger partial charge in [0.05, 0.1) is 0 Å². The van der Waals surface area contributed by atoms with Crippen LogP contribution in [0.1, 0.15) is 60.1 Å². The summed E-state index contributed by atoms with van der Waals surface area (Å²) < 4.78 is 0. The first-order valence-corrected chi connectivity index (χ1v) is 8.43. The highest BCUT2D eigenvalue weighted by Gasteiger charge is 2.22. The molecule has 0 saturated heterocycles. The first kappa shape index (κ1) is 16.8. The van der Waals surface area contributed by atoms with Crippen LogP contribution in [0.2, 0.25) is 0 Å². The predicted octanol–water partition coefficient (Wildman–Crippen LogP) is 6.22. The normalized spacial score (nSPS) is 11.7. The van der Waals surface area contributed by atoms with E-state index >= 15 is 0 Å². The lowest BCUT2D eigenvalue weighted by Crippen LogP contribution is -2.19. The van der Waals surface area contributed by atoms with Crippen molar-refractivity contribution in [2.24, 2.45) is 0 Å². The summed E-state index contributed by atoms with van der Waals surface area (Å²) in [6, 6.07) is 13.8. The van der Waals surface area contributed by atoms with Crippen molar-refractivity contribution in [1.82, 2.24) is 0 Å². The van der Waals surface area contributed by atoms with Gasteiger partial charge in [-0.05, 0) is 69.1 Å². The highest BCUT2D eigenvalue weighted by molar-refractivity contribution is 5.36. The molecule has 0 aromatic heterocycles. The van der Waals surface area contributed by atoms with Crippen molar-refractivity contribution in [2.45, 2.75) is 66.2 Å². The largest absolute Gasteiger partial charge is 0.0590 e. The van der Waals surface area contributed by atoms with Gasteiger partial charge in [0.15, 0.2) is 0 Å². The molecule has 0 radical (unpaired) electrons. The van der Waals surface area contributed by atoms with E-state index in [-0.39, 0.29) is 5.41 Å². The molecule has 0 spiro atoms. The average Bonchev–Trinajstić information content (AvgIpc) is 2.40. The fraction of sp³-hybridized carbons (Fsp3) is 0.455. The molecular weight excluding hydrogens is 264 g/mol. The van der Waals surface area contributed by atoms with Crippen LogP contribution < -0.4 is 0 Å². The van der Waals surface area contributed by atoms with Gasteiger partial charge in [-0.2, -0.15) is 0 Å². The van der Waals surface area contributed by atoms with Crippen molar-refractivity contribution < 1.29 is 0 Å². The molecule has 0 heteroatoms. The van der Waals surface area contributed by atoms with E-state index in [9.17, 15) is 0 Å². The topological polar surface area (TPSA) is 0 Å². The lowest BCUT2D eigenvalue weighted by molar-refractivity contribution is 0.458. The molecule has 0 aliphatic carbocycles. The van der Waals surface area contributed by atoms with Crippen molar-refractivity contribution in [1.29, 1.82) is 0 Å². The van der Waals surface area contributed by atoms with Crippen molar-refractivity contribution in [3.63, 3.8) is 0 Å². The summed E-state index contributed by atoms with van der Waals surface area (Å²) in [5, 5.41) is 0. The molecule has 0 N–H and O–H groups in total. The molecule has 0 nitrogen and oxygen atoms in total. The van der Waals surface area contributed by atoms with Crippen molar-refractivity contribution in [3.05, 3.63) is 69.8 Å². The predicted molar refractivity (Wildman–Crippen MR) is 97.8 cm³/mol. The third-order valence-electron chi connectivity index (χ3n) is 4.67. The minimum Gasteiger partial charge on any atom is -0.0590 e. The zero-order valence-corrected chi connectivity index (χ0v) is 15.1. The Bertz CT molecular complexity index is 627. The van der Waals surface area contributed by atoms with Crippen LogP contribution in [0.5, 0.6) is 0 Å². The molecule has 2 aromatic rings. The van der Waals surface area contributed by atoms with Crippen LogP contribution >= 0.6 is 0 Å². The van der Waals surface area contributed by atoms with E-state index < -0.39 is 0 Å². The van der Waals surface area contributed by atoms with Gasteiger partial charge in [0.2, 0.25) is 0 Å². The molecule has 0 aliphatic heterocycles. The van der Waals surface area contributed by atoms with Gasteiger partial charge < -0.3 is 0 Å². The lowest BCUT2D eigenvalue weighted by atomic mass is 9.77. The van der Waals surface area contributed by atoms with Gasteiger partial charge in [-0.3, -0.25) is 0 Å². The zero-order valence-electron chi connectivity index (χ0n) is 15.1. The van der Waals surface area contributed by atoms with Crippen LogP contribution in [0.3, 0.4) is 0 Å². The van der Waals surface area contributed by atoms with Gasteiger partial charge in [-0.15, -0.1) is 0 Å². The zero-order chi connectivity index (χ0) is 16.3. The van der Waals surface area contributed by atoms with Crippen LogP contribution in [0.4, 0.5) is 0 Å². The molecule has 0 aliphatic rings. The standard InChI is InChI=1S/C22H30/c1-16-9-10-19(4)21(15-16)22(5,6)11-7-8-20-13-17(2)12-18(3)14-20/h9-10,12-15H,7-8,11H2,1-6H3. The first-order chi connectivity index (χ1) is 10.3. The van der Waals surface area contributed by atoms with Gasteiger partial charge in [0.1, 0.15) is 0 Å². The van der Waals surface area contributed by atoms with E-state index in [0.29, 0.717) is 0 Å². The molecule has 0 heterocycles. The van der Waals surface area contributed by atoms with E-state index in [1.807, 2.05) is 0 Å². The highest BCUT2D eigenvalue weighted by atomic mass is 14.3. The number of hydrogen-bond donors (Lipinski definition) is 0. The summed E-state index contributed by atoms with van der Waals surface area (Å²) >= 11 is 0. The molecular formula is C22H30. The summed E-state index contributed by atoms with van der Waals surface area (Å²) in [4.78, 5) is 0. The SMILES string of the molecule is Cc1cc(C)cc(CCCC(C)(C)c2cc(C)ccc2C)c1. The van der Waals surface area contributed by atoms with Crippen LogP contribution in [0.25, 0.3) is 0 Å². The molecule has 118 valence electrons. The Morgan fingerprint density at radius 1 is 0.773 bits per heavy atom. The molecule has 2 aromatic carbocycles. The number of benzene rings is 2. The Balaban J connectivity index is 2.04. The number of rotatable bonds is 5. The monoisotopic (exact) mass is 294 g/mol. The van der Waals surface area contributed by atoms with E-state index in [0.717, 1.165) is 0 Å². The molecule has 0 bridgehead atoms. The summed E-state index contributed by atoms with van der Waals surface area (Å²) in [7, 11) is 0. The van der Waals surface area contributed by atoms with E-state index in [2.05, 4.69) is 77.9 Å². The number of hydrogen-bond acceptors (Lipinski definition) is 0. The molecule has 0 saturated carbocycles. The Morgan fingerprint density at radius 2 is 1.41 bits per heavy atom. The van der Waals surface area contributed by atoms with E-state index in [1.165, 1.54) is 52.6 Å². The molecule has 0 fully saturated rings. The van der Waals surface area contributed by atoms with Gasteiger partial charge in [0, 0.05) is 0 Å². The smallest absolute Gasteiger partial charge is 0.0101 e. The van der Waals surface area contributed by atoms with Gasteiger partial charge in [-0.25, -0.2) is 0 Å². The molecule has 22 heavy (non-hydrogen) atoms. The Morgan fingerprint density at radius 3 is 2.05 bits per heavy atom. The molecule has 0 unspecified atom stereocenters. The quantitative estimate of drug-likeness (QED) is 0.614. The average molecular weight is 294 g/mol. The number of aryl methyl sites for hydroxylation is 5. The maximum absolute atomic E-state index is 2.39. The van der Waals surface area contributed by atoms with Crippen LogP contribution in [0, 0.1) is 27.7 Å². The summed E-state index contributed by atoms with van der Waals surface area (Å²) in [5.74, 6) is 0. The molecule has 0 amide bonds. The summed E-state index contributed by atoms with van der Waals surface area (Å²) in [5.41, 5.74) is 8.77. The first-order valence-electron chi connectivity index (χ1n) is 8.43. The van der Waals surface area contributed by atoms with Crippen molar-refractivity contribution in [2.75, 3.05) is 0 Å².